The van der Waals surface area contributed by atoms with Crippen LogP contribution in [0.3, 0.4) is 0 Å². The molecule has 0 radical (unpaired) electrons. The minimum atomic E-state index is -1.39. The molecule has 1 aliphatic heterocycles. The van der Waals surface area contributed by atoms with Crippen molar-refractivity contribution >= 4 is 41.4 Å². The van der Waals surface area contributed by atoms with Crippen molar-refractivity contribution in [1.82, 2.24) is 31.5 Å². The van der Waals surface area contributed by atoms with Crippen LogP contribution in [-0.4, -0.2) is 94.7 Å². The molecule has 1 rings (SSSR count). The zero-order valence-corrected chi connectivity index (χ0v) is 31.0. The van der Waals surface area contributed by atoms with Crippen molar-refractivity contribution in [1.29, 1.82) is 0 Å². The lowest BCUT2D eigenvalue weighted by Crippen LogP contribution is -2.60. The van der Waals surface area contributed by atoms with Crippen LogP contribution in [0.4, 0.5) is 4.79 Å². The highest BCUT2D eigenvalue weighted by molar-refractivity contribution is 6.38. The zero-order valence-electron chi connectivity index (χ0n) is 31.0. The van der Waals surface area contributed by atoms with Crippen LogP contribution in [0.15, 0.2) is 0 Å². The van der Waals surface area contributed by atoms with Crippen molar-refractivity contribution in [2.24, 2.45) is 17.3 Å². The molecule has 14 nitrogen and oxygen atoms in total. The van der Waals surface area contributed by atoms with E-state index in [0.29, 0.717) is 25.7 Å². The first-order chi connectivity index (χ1) is 22.2. The first-order valence-electron chi connectivity index (χ1n) is 17.2. The zero-order chi connectivity index (χ0) is 37.4. The molecule has 0 aromatic carbocycles. The van der Waals surface area contributed by atoms with Gasteiger partial charge in [0.1, 0.15) is 18.1 Å². The predicted molar refractivity (Wildman–Crippen MR) is 184 cm³/mol. The van der Waals surface area contributed by atoms with Crippen molar-refractivity contribution in [3.05, 3.63) is 0 Å². The van der Waals surface area contributed by atoms with Gasteiger partial charge in [0.15, 0.2) is 0 Å². The highest BCUT2D eigenvalue weighted by atomic mass is 16.4. The lowest BCUT2D eigenvalue weighted by molar-refractivity contribution is -0.146. The molecular weight excluding hydrogens is 620 g/mol. The summed E-state index contributed by atoms with van der Waals surface area (Å²) in [6, 6.07) is -4.31. The van der Waals surface area contributed by atoms with Crippen LogP contribution in [0, 0.1) is 17.3 Å². The Labute approximate surface area is 286 Å². The Balaban J connectivity index is 0.00000520. The van der Waals surface area contributed by atoms with Crippen LogP contribution >= 0.6 is 0 Å². The number of hydrogen-bond donors (Lipinski definition) is 6. The lowest BCUT2D eigenvalue weighted by Gasteiger charge is -2.36. The molecule has 276 valence electrons. The maximum absolute atomic E-state index is 14.0. The third kappa shape index (κ3) is 15.5. The molecule has 0 aliphatic carbocycles. The third-order valence-electron chi connectivity index (χ3n) is 7.73. The number of ketones is 1. The number of Topliss-reactive ketones (excluding diaryl/α,β-unsaturated/α-hetero) is 1. The molecule has 1 aliphatic rings. The monoisotopic (exact) mass is 682 g/mol. The van der Waals surface area contributed by atoms with Crippen LogP contribution in [0.5, 0.6) is 0 Å². The Morgan fingerprint density at radius 3 is 1.92 bits per heavy atom. The molecule has 1 saturated heterocycles. The average Bonchev–Trinajstić information content (AvgIpc) is 3.40. The van der Waals surface area contributed by atoms with Crippen molar-refractivity contribution in [3.63, 3.8) is 0 Å². The van der Waals surface area contributed by atoms with E-state index in [1.54, 1.807) is 27.7 Å². The average molecular weight is 683 g/mol. The maximum atomic E-state index is 14.0. The van der Waals surface area contributed by atoms with Gasteiger partial charge in [0.2, 0.25) is 29.4 Å². The molecule has 14 heteroatoms. The van der Waals surface area contributed by atoms with Crippen LogP contribution in [0.25, 0.3) is 0 Å². The summed E-state index contributed by atoms with van der Waals surface area (Å²) in [5.41, 5.74) is -0.784. The van der Waals surface area contributed by atoms with E-state index in [4.69, 9.17) is 5.11 Å². The van der Waals surface area contributed by atoms with Crippen LogP contribution in [-0.2, 0) is 28.8 Å². The topological polar surface area (TPSA) is 203 Å². The molecule has 3 unspecified atom stereocenters. The largest absolute Gasteiger partial charge is 0.465 e. The molecule has 6 N–H and O–H groups in total. The van der Waals surface area contributed by atoms with Crippen LogP contribution in [0.1, 0.15) is 115 Å². The number of amides is 6. The molecule has 0 saturated carbocycles. The molecule has 6 atom stereocenters. The van der Waals surface area contributed by atoms with Crippen molar-refractivity contribution < 1.29 is 38.7 Å². The van der Waals surface area contributed by atoms with Gasteiger partial charge in [-0.1, -0.05) is 75.2 Å². The van der Waals surface area contributed by atoms with Crippen LogP contribution in [0.2, 0.25) is 0 Å². The van der Waals surface area contributed by atoms with E-state index in [1.807, 2.05) is 26.1 Å². The summed E-state index contributed by atoms with van der Waals surface area (Å²) < 4.78 is 0. The van der Waals surface area contributed by atoms with Gasteiger partial charge in [-0.2, -0.15) is 0 Å². The SMILES string of the molecule is CC(C)C.CCCC(NC(=O)C1[C@@H](CCC)CCN1C(=O)C(NC(=O)CNC(=O)[C@@H](C)NC(=O)O)C(C)(C)C)C(=O)C(=O)N[C@@H](C)CC. The number of likely N-dealkylation sites (tertiary alicyclic amines) is 1. The fourth-order valence-corrected chi connectivity index (χ4v) is 5.10. The Morgan fingerprint density at radius 2 is 1.44 bits per heavy atom. The van der Waals surface area contributed by atoms with Gasteiger partial charge >= 0.3 is 6.09 Å². The second kappa shape index (κ2) is 21.3. The Kier molecular flexibility index (Phi) is 19.7. The molecule has 48 heavy (non-hydrogen) atoms. The van der Waals surface area contributed by atoms with E-state index in [1.165, 1.54) is 11.8 Å². The van der Waals surface area contributed by atoms with Crippen molar-refractivity contribution in [2.45, 2.75) is 145 Å². The van der Waals surface area contributed by atoms with Gasteiger partial charge < -0.3 is 36.6 Å². The number of carbonyl (C=O) groups excluding carboxylic acids is 6. The summed E-state index contributed by atoms with van der Waals surface area (Å²) >= 11 is 0. The molecule has 0 bridgehead atoms. The summed E-state index contributed by atoms with van der Waals surface area (Å²) in [4.78, 5) is 90.5. The molecule has 0 aromatic heterocycles. The molecular formula is C34H62N6O8. The first kappa shape index (κ1) is 44.3. The Bertz CT molecular complexity index is 1100. The van der Waals surface area contributed by atoms with Gasteiger partial charge in [-0.15, -0.1) is 0 Å². The quantitative estimate of drug-likeness (QED) is 0.133. The fraction of sp³-hybridized carbons (Fsp3) is 0.794. The minimum absolute atomic E-state index is 0.186. The van der Waals surface area contributed by atoms with Gasteiger partial charge in [0.05, 0.1) is 12.6 Å². The van der Waals surface area contributed by atoms with Crippen molar-refractivity contribution in [2.75, 3.05) is 13.1 Å². The highest BCUT2D eigenvalue weighted by Crippen LogP contribution is 2.32. The number of hydrogen-bond acceptors (Lipinski definition) is 7. The van der Waals surface area contributed by atoms with E-state index >= 15 is 0 Å². The number of carbonyl (C=O) groups is 7. The normalized spacial score (nSPS) is 18.3. The first-order valence-corrected chi connectivity index (χ1v) is 17.2. The van der Waals surface area contributed by atoms with Gasteiger partial charge in [-0.25, -0.2) is 4.79 Å². The number of carboxylic acid groups (broad SMARTS) is 1. The third-order valence-corrected chi connectivity index (χ3v) is 7.73. The molecule has 1 fully saturated rings. The Morgan fingerprint density at radius 1 is 0.854 bits per heavy atom. The summed E-state index contributed by atoms with van der Waals surface area (Å²) in [6.07, 6.45) is 2.02. The molecule has 6 amide bonds. The molecule has 0 aromatic rings. The van der Waals surface area contributed by atoms with Crippen molar-refractivity contribution in [3.8, 4) is 0 Å². The van der Waals surface area contributed by atoms with Gasteiger partial charge in [0.25, 0.3) is 5.91 Å². The summed E-state index contributed by atoms with van der Waals surface area (Å²) in [5, 5.41) is 21.2. The van der Waals surface area contributed by atoms with E-state index in [9.17, 15) is 33.6 Å². The van der Waals surface area contributed by atoms with E-state index < -0.39 is 77.5 Å². The standard InChI is InChI=1S/C30H52N6O8.C4H10/c1-9-12-19-14-15-36(22(19)26(40)34-20(13-10-2)23(38)27(41)32-17(4)11-3)28(42)24(30(6,7)8)35-21(37)16-31-25(39)18(5)33-29(43)44;1-4(2)3/h17-20,22,24,33H,9-16H2,1-8H3,(H,31,39)(H,32,41)(H,34,40)(H,35,37)(H,43,44);4H,1-3H3/t17-,18+,19-,20?,22?,24?;/m0./s1. The number of nitrogens with one attached hydrogen (secondary N) is 5. The summed E-state index contributed by atoms with van der Waals surface area (Å²) in [6.45, 7) is 20.3. The fourth-order valence-electron chi connectivity index (χ4n) is 5.10. The number of rotatable bonds is 16. The minimum Gasteiger partial charge on any atom is -0.465 e. The van der Waals surface area contributed by atoms with Gasteiger partial charge in [0, 0.05) is 12.6 Å². The second-order valence-electron chi connectivity index (χ2n) is 14.3. The van der Waals surface area contributed by atoms with E-state index in [2.05, 4.69) is 42.0 Å². The van der Waals surface area contributed by atoms with Gasteiger partial charge in [-0.3, -0.25) is 28.8 Å². The summed E-state index contributed by atoms with van der Waals surface area (Å²) in [5.74, 6) is -3.24. The van der Waals surface area contributed by atoms with E-state index in [-0.39, 0.29) is 24.9 Å². The Hall–Kier alpha value is -3.71. The highest BCUT2D eigenvalue weighted by Gasteiger charge is 2.46. The van der Waals surface area contributed by atoms with Gasteiger partial charge in [-0.05, 0) is 56.8 Å². The lowest BCUT2D eigenvalue weighted by atomic mass is 9.85. The predicted octanol–water partition coefficient (Wildman–Crippen LogP) is 2.74. The smallest absolute Gasteiger partial charge is 0.405 e. The molecule has 1 heterocycles. The second-order valence-corrected chi connectivity index (χ2v) is 14.3. The molecule has 0 spiro atoms. The van der Waals surface area contributed by atoms with Crippen LogP contribution < -0.4 is 26.6 Å². The van der Waals surface area contributed by atoms with E-state index in [0.717, 1.165) is 12.3 Å². The number of nitrogens with zero attached hydrogens (tertiary/aromatic N) is 1. The summed E-state index contributed by atoms with van der Waals surface area (Å²) in [7, 11) is 0. The maximum Gasteiger partial charge on any atom is 0.405 e.